The summed E-state index contributed by atoms with van der Waals surface area (Å²) in [5.41, 5.74) is 0.369. The van der Waals surface area contributed by atoms with Crippen molar-refractivity contribution in [3.8, 4) is 0 Å². The average molecular weight is 477 g/mol. The minimum atomic E-state index is -3.93. The van der Waals surface area contributed by atoms with Crippen LogP contribution in [0.3, 0.4) is 0 Å². The highest BCUT2D eigenvalue weighted by Crippen LogP contribution is 2.31. The van der Waals surface area contributed by atoms with Crippen LogP contribution in [0.2, 0.25) is 0 Å². The second kappa shape index (κ2) is 8.13. The molecule has 5 nitrogen and oxygen atoms in total. The summed E-state index contributed by atoms with van der Waals surface area (Å²) in [5, 5.41) is 0. The van der Waals surface area contributed by atoms with Crippen LogP contribution in [0.4, 0.5) is 5.69 Å². The summed E-state index contributed by atoms with van der Waals surface area (Å²) >= 11 is 6.61. The van der Waals surface area contributed by atoms with Gasteiger partial charge in [0.15, 0.2) is 0 Å². The average Bonchev–Trinajstić information content (AvgIpc) is 2.54. The lowest BCUT2D eigenvalue weighted by Gasteiger charge is -2.24. The summed E-state index contributed by atoms with van der Waals surface area (Å²) in [5.74, 6) is -0.617. The molecule has 0 spiro atoms. The molecule has 0 aromatic heterocycles. The molecule has 0 unspecified atom stereocenters. The van der Waals surface area contributed by atoms with Gasteiger partial charge in [-0.15, -0.1) is 0 Å². The van der Waals surface area contributed by atoms with E-state index in [4.69, 9.17) is 4.74 Å². The Morgan fingerprint density at radius 2 is 1.71 bits per heavy atom. The zero-order valence-corrected chi connectivity index (χ0v) is 16.8. The summed E-state index contributed by atoms with van der Waals surface area (Å²) in [4.78, 5) is 12.0. The van der Waals surface area contributed by atoms with Crippen LogP contribution >= 0.6 is 31.9 Å². The number of halogens is 2. The molecule has 0 amide bonds. The van der Waals surface area contributed by atoms with E-state index in [0.29, 0.717) is 10.2 Å². The Bertz CT molecular complexity index is 822. The quantitative estimate of drug-likeness (QED) is 0.591. The molecule has 128 valence electrons. The molecule has 0 N–H and O–H groups in total. The van der Waals surface area contributed by atoms with Gasteiger partial charge in [-0.25, -0.2) is 8.42 Å². The van der Waals surface area contributed by atoms with Crippen LogP contribution in [0.1, 0.15) is 6.92 Å². The fourth-order valence-corrected chi connectivity index (χ4v) is 4.32. The molecule has 2 aromatic rings. The fourth-order valence-electron chi connectivity index (χ4n) is 2.01. The maximum atomic E-state index is 13.0. The van der Waals surface area contributed by atoms with Crippen molar-refractivity contribution in [2.45, 2.75) is 11.8 Å². The predicted molar refractivity (Wildman–Crippen MR) is 99.4 cm³/mol. The number of sulfonamides is 1. The van der Waals surface area contributed by atoms with E-state index >= 15 is 0 Å². The molecule has 0 saturated carbocycles. The van der Waals surface area contributed by atoms with E-state index in [0.717, 1.165) is 8.78 Å². The number of esters is 1. The van der Waals surface area contributed by atoms with Gasteiger partial charge in [0.25, 0.3) is 10.0 Å². The van der Waals surface area contributed by atoms with Gasteiger partial charge in [-0.3, -0.25) is 9.10 Å². The van der Waals surface area contributed by atoms with E-state index < -0.39 is 22.5 Å². The highest BCUT2D eigenvalue weighted by atomic mass is 79.9. The fraction of sp³-hybridized carbons (Fsp3) is 0.188. The second-order valence-electron chi connectivity index (χ2n) is 4.72. The molecule has 0 aliphatic rings. The number of rotatable bonds is 6. The Labute approximate surface area is 157 Å². The monoisotopic (exact) mass is 475 g/mol. The van der Waals surface area contributed by atoms with Crippen LogP contribution in [-0.4, -0.2) is 27.5 Å². The highest BCUT2D eigenvalue weighted by molar-refractivity contribution is 9.10. The summed E-state index contributed by atoms with van der Waals surface area (Å²) < 4.78 is 33.3. The first-order chi connectivity index (χ1) is 11.4. The molecule has 0 aliphatic heterocycles. The minimum Gasteiger partial charge on any atom is -0.465 e. The molecule has 8 heteroatoms. The Balaban J connectivity index is 2.50. The normalized spacial score (nSPS) is 11.1. The Kier molecular flexibility index (Phi) is 6.42. The maximum absolute atomic E-state index is 13.0. The lowest BCUT2D eigenvalue weighted by molar-refractivity contribution is -0.141. The molecule has 0 atom stereocenters. The summed E-state index contributed by atoms with van der Waals surface area (Å²) in [6.07, 6.45) is 0. The van der Waals surface area contributed by atoms with Crippen molar-refractivity contribution in [1.29, 1.82) is 0 Å². The van der Waals surface area contributed by atoms with Crippen molar-refractivity contribution < 1.29 is 17.9 Å². The number of hydrogen-bond acceptors (Lipinski definition) is 4. The van der Waals surface area contributed by atoms with Crippen LogP contribution in [0.15, 0.2) is 62.4 Å². The van der Waals surface area contributed by atoms with Gasteiger partial charge in [-0.05, 0) is 59.3 Å². The largest absolute Gasteiger partial charge is 0.465 e. The Morgan fingerprint density at radius 3 is 2.29 bits per heavy atom. The topological polar surface area (TPSA) is 63.7 Å². The van der Waals surface area contributed by atoms with Crippen molar-refractivity contribution in [2.24, 2.45) is 0 Å². The third-order valence-electron chi connectivity index (χ3n) is 3.10. The maximum Gasteiger partial charge on any atom is 0.326 e. The first-order valence-corrected chi connectivity index (χ1v) is 10.1. The number of benzene rings is 2. The lowest BCUT2D eigenvalue weighted by Crippen LogP contribution is -2.36. The van der Waals surface area contributed by atoms with Crippen LogP contribution in [0.25, 0.3) is 0 Å². The highest BCUT2D eigenvalue weighted by Gasteiger charge is 2.28. The zero-order valence-electron chi connectivity index (χ0n) is 12.8. The van der Waals surface area contributed by atoms with Gasteiger partial charge in [0, 0.05) is 8.95 Å². The van der Waals surface area contributed by atoms with Crippen molar-refractivity contribution in [1.82, 2.24) is 0 Å². The molecule has 2 rings (SSSR count). The van der Waals surface area contributed by atoms with Gasteiger partial charge in [-0.1, -0.05) is 28.1 Å². The number of hydrogen-bond donors (Lipinski definition) is 0. The molecule has 24 heavy (non-hydrogen) atoms. The lowest BCUT2D eigenvalue weighted by atomic mass is 10.3. The number of nitrogens with zero attached hydrogens (tertiary/aromatic N) is 1. The van der Waals surface area contributed by atoms with E-state index in [9.17, 15) is 13.2 Å². The van der Waals surface area contributed by atoms with Crippen molar-refractivity contribution in [3.63, 3.8) is 0 Å². The van der Waals surface area contributed by atoms with Crippen molar-refractivity contribution in [2.75, 3.05) is 17.5 Å². The summed E-state index contributed by atoms with van der Waals surface area (Å²) in [6.45, 7) is 1.44. The first-order valence-electron chi connectivity index (χ1n) is 7.04. The van der Waals surface area contributed by atoms with Crippen LogP contribution in [-0.2, 0) is 19.6 Å². The van der Waals surface area contributed by atoms with Gasteiger partial charge >= 0.3 is 5.97 Å². The molecule has 0 fully saturated rings. The molecule has 0 aliphatic carbocycles. The molecule has 0 heterocycles. The Morgan fingerprint density at radius 1 is 1.08 bits per heavy atom. The van der Waals surface area contributed by atoms with Crippen LogP contribution in [0.5, 0.6) is 0 Å². The summed E-state index contributed by atoms with van der Waals surface area (Å²) in [7, 11) is -3.93. The molecule has 0 bridgehead atoms. The van der Waals surface area contributed by atoms with Crippen molar-refractivity contribution >= 4 is 53.5 Å². The predicted octanol–water partition coefficient (Wildman–Crippen LogP) is 3.97. The third-order valence-corrected chi connectivity index (χ3v) is 6.07. The van der Waals surface area contributed by atoms with Crippen LogP contribution in [0, 0.1) is 0 Å². The molecule has 0 saturated heterocycles. The number of anilines is 1. The van der Waals surface area contributed by atoms with Crippen LogP contribution < -0.4 is 4.31 Å². The minimum absolute atomic E-state index is 0.0887. The zero-order chi connectivity index (χ0) is 17.7. The molecule has 2 aromatic carbocycles. The standard InChI is InChI=1S/C16H15Br2NO4S/c1-2-23-16(20)11-19(15-6-4-3-5-14(15)18)24(21,22)13-9-7-12(17)8-10-13/h3-10H,2,11H2,1H3. The van der Waals surface area contributed by atoms with Gasteiger partial charge in [0.2, 0.25) is 0 Å². The van der Waals surface area contributed by atoms with E-state index in [2.05, 4.69) is 31.9 Å². The number of para-hydroxylation sites is 1. The number of carbonyl (C=O) groups is 1. The van der Waals surface area contributed by atoms with Gasteiger partial charge < -0.3 is 4.74 Å². The molecular formula is C16H15Br2NO4S. The molecular weight excluding hydrogens is 462 g/mol. The third kappa shape index (κ3) is 4.37. The van der Waals surface area contributed by atoms with Gasteiger partial charge in [-0.2, -0.15) is 0 Å². The summed E-state index contributed by atoms with van der Waals surface area (Å²) in [6, 6.07) is 13.0. The van der Waals surface area contributed by atoms with Gasteiger partial charge in [0.1, 0.15) is 6.54 Å². The second-order valence-corrected chi connectivity index (χ2v) is 8.35. The van der Waals surface area contributed by atoms with E-state index in [1.165, 1.54) is 12.1 Å². The van der Waals surface area contributed by atoms with E-state index in [-0.39, 0.29) is 11.5 Å². The smallest absolute Gasteiger partial charge is 0.326 e. The first kappa shape index (κ1) is 19.0. The number of ether oxygens (including phenoxy) is 1. The van der Waals surface area contributed by atoms with E-state index in [1.54, 1.807) is 43.3 Å². The van der Waals surface area contributed by atoms with Gasteiger partial charge in [0.05, 0.1) is 17.2 Å². The number of carbonyl (C=O) groups excluding carboxylic acids is 1. The Hall–Kier alpha value is -1.38. The van der Waals surface area contributed by atoms with E-state index in [1.807, 2.05) is 0 Å². The SMILES string of the molecule is CCOC(=O)CN(c1ccccc1Br)S(=O)(=O)c1ccc(Br)cc1. The van der Waals surface area contributed by atoms with Crippen molar-refractivity contribution in [3.05, 3.63) is 57.5 Å². The molecule has 0 radical (unpaired) electrons.